The molecule has 2 N–H and O–H groups in total. The van der Waals surface area contributed by atoms with Gasteiger partial charge < -0.3 is 10.6 Å². The summed E-state index contributed by atoms with van der Waals surface area (Å²) in [7, 11) is 1.88. The molecule has 122 valence electrons. The highest BCUT2D eigenvalue weighted by Crippen LogP contribution is 2.47. The molecule has 0 aliphatic heterocycles. The predicted molar refractivity (Wildman–Crippen MR) is 104 cm³/mol. The Hall–Kier alpha value is -0.780. The highest BCUT2D eigenvalue weighted by molar-refractivity contribution is 14.0. The number of aliphatic imine (C=N–C) groups is 1. The molecule has 3 rings (SSSR count). The fraction of sp³-hybridized carbons (Fsp3) is 0.611. The third-order valence-corrected chi connectivity index (χ3v) is 4.93. The molecule has 0 radical (unpaired) electrons. The number of benzene rings is 1. The molecule has 1 aromatic carbocycles. The summed E-state index contributed by atoms with van der Waals surface area (Å²) in [5, 5.41) is 7.13. The monoisotopic (exact) mass is 413 g/mol. The highest BCUT2D eigenvalue weighted by Gasteiger charge is 2.42. The van der Waals surface area contributed by atoms with Crippen LogP contribution in [0.4, 0.5) is 0 Å². The van der Waals surface area contributed by atoms with Crippen molar-refractivity contribution in [2.45, 2.75) is 51.0 Å². The number of guanidine groups is 1. The molecule has 0 spiro atoms. The van der Waals surface area contributed by atoms with E-state index in [-0.39, 0.29) is 24.0 Å². The molecule has 2 aliphatic rings. The van der Waals surface area contributed by atoms with Crippen molar-refractivity contribution in [3.05, 3.63) is 35.9 Å². The second-order valence-corrected chi connectivity index (χ2v) is 6.71. The van der Waals surface area contributed by atoms with Gasteiger partial charge in [-0.05, 0) is 43.1 Å². The molecule has 2 aliphatic carbocycles. The Balaban J connectivity index is 0.00000176. The summed E-state index contributed by atoms with van der Waals surface area (Å²) in [4.78, 5) is 4.38. The molecule has 0 heterocycles. The Labute approximate surface area is 151 Å². The Morgan fingerprint density at radius 3 is 2.45 bits per heavy atom. The van der Waals surface area contributed by atoms with Crippen molar-refractivity contribution in [1.29, 1.82) is 0 Å². The van der Waals surface area contributed by atoms with E-state index in [0.29, 0.717) is 11.5 Å². The van der Waals surface area contributed by atoms with Crippen LogP contribution in [0.25, 0.3) is 0 Å². The number of nitrogens with zero attached hydrogens (tertiary/aromatic N) is 1. The molecule has 2 fully saturated rings. The zero-order valence-electron chi connectivity index (χ0n) is 13.5. The molecule has 0 bridgehead atoms. The van der Waals surface area contributed by atoms with E-state index in [4.69, 9.17) is 0 Å². The maximum atomic E-state index is 4.38. The summed E-state index contributed by atoms with van der Waals surface area (Å²) in [6, 6.07) is 11.5. The SMILES string of the molecule is CN=C(NCC1(Cc2ccccc2)CC1)NC1CCCC1.I. The summed E-state index contributed by atoms with van der Waals surface area (Å²) in [6.45, 7) is 1.04. The smallest absolute Gasteiger partial charge is 0.191 e. The molecule has 0 atom stereocenters. The van der Waals surface area contributed by atoms with Gasteiger partial charge in [-0.2, -0.15) is 0 Å². The van der Waals surface area contributed by atoms with Crippen molar-refractivity contribution in [1.82, 2.24) is 10.6 Å². The molecule has 3 nitrogen and oxygen atoms in total. The zero-order chi connectivity index (χ0) is 14.5. The standard InChI is InChI=1S/C18H27N3.HI/c1-19-17(21-16-9-5-6-10-16)20-14-18(11-12-18)13-15-7-3-2-4-8-15;/h2-4,7-8,16H,5-6,9-14H2,1H3,(H2,19,20,21);1H. The van der Waals surface area contributed by atoms with Gasteiger partial charge in [-0.1, -0.05) is 43.2 Å². The van der Waals surface area contributed by atoms with Crippen molar-refractivity contribution in [2.24, 2.45) is 10.4 Å². The Morgan fingerprint density at radius 1 is 1.18 bits per heavy atom. The third kappa shape index (κ3) is 4.86. The van der Waals surface area contributed by atoms with E-state index in [2.05, 4.69) is 46.0 Å². The van der Waals surface area contributed by atoms with Gasteiger partial charge in [0.15, 0.2) is 5.96 Å². The van der Waals surface area contributed by atoms with Crippen LogP contribution < -0.4 is 10.6 Å². The van der Waals surface area contributed by atoms with Crippen LogP contribution in [0.15, 0.2) is 35.3 Å². The van der Waals surface area contributed by atoms with Crippen LogP contribution in [-0.4, -0.2) is 25.6 Å². The van der Waals surface area contributed by atoms with Crippen molar-refractivity contribution >= 4 is 29.9 Å². The van der Waals surface area contributed by atoms with Gasteiger partial charge in [0.25, 0.3) is 0 Å². The Bertz CT molecular complexity index is 476. The van der Waals surface area contributed by atoms with Gasteiger partial charge in [-0.3, -0.25) is 4.99 Å². The lowest BCUT2D eigenvalue weighted by Crippen LogP contribution is -2.44. The van der Waals surface area contributed by atoms with Gasteiger partial charge >= 0.3 is 0 Å². The fourth-order valence-electron chi connectivity index (χ4n) is 3.35. The van der Waals surface area contributed by atoms with Crippen LogP contribution in [0.3, 0.4) is 0 Å². The van der Waals surface area contributed by atoms with E-state index < -0.39 is 0 Å². The van der Waals surface area contributed by atoms with Crippen LogP contribution in [0, 0.1) is 5.41 Å². The average Bonchev–Trinajstić information content (AvgIpc) is 3.08. The molecular weight excluding hydrogens is 385 g/mol. The average molecular weight is 413 g/mol. The van der Waals surface area contributed by atoms with Gasteiger partial charge in [0.1, 0.15) is 0 Å². The number of hydrogen-bond acceptors (Lipinski definition) is 1. The van der Waals surface area contributed by atoms with Crippen molar-refractivity contribution < 1.29 is 0 Å². The van der Waals surface area contributed by atoms with Crippen molar-refractivity contribution in [3.63, 3.8) is 0 Å². The molecule has 1 aromatic rings. The van der Waals surface area contributed by atoms with Crippen molar-refractivity contribution in [2.75, 3.05) is 13.6 Å². The van der Waals surface area contributed by atoms with Gasteiger partial charge in [0.2, 0.25) is 0 Å². The topological polar surface area (TPSA) is 36.4 Å². The molecule has 0 unspecified atom stereocenters. The minimum absolute atomic E-state index is 0. The second-order valence-electron chi connectivity index (χ2n) is 6.71. The zero-order valence-corrected chi connectivity index (χ0v) is 15.8. The predicted octanol–water partition coefficient (Wildman–Crippen LogP) is 3.73. The lowest BCUT2D eigenvalue weighted by molar-refractivity contribution is 0.488. The van der Waals surface area contributed by atoms with Gasteiger partial charge in [-0.15, -0.1) is 24.0 Å². The number of hydrogen-bond donors (Lipinski definition) is 2. The largest absolute Gasteiger partial charge is 0.356 e. The summed E-state index contributed by atoms with van der Waals surface area (Å²) < 4.78 is 0. The van der Waals surface area contributed by atoms with Gasteiger partial charge in [-0.25, -0.2) is 0 Å². The first kappa shape index (κ1) is 17.6. The van der Waals surface area contributed by atoms with Crippen LogP contribution in [-0.2, 0) is 6.42 Å². The third-order valence-electron chi connectivity index (χ3n) is 4.93. The summed E-state index contributed by atoms with van der Waals surface area (Å²) >= 11 is 0. The lowest BCUT2D eigenvalue weighted by atomic mass is 9.96. The molecule has 0 amide bonds. The maximum absolute atomic E-state index is 4.38. The minimum Gasteiger partial charge on any atom is -0.356 e. The van der Waals surface area contributed by atoms with E-state index in [1.165, 1.54) is 50.5 Å². The van der Waals surface area contributed by atoms with E-state index >= 15 is 0 Å². The Kier molecular flexibility index (Phi) is 6.53. The van der Waals surface area contributed by atoms with E-state index in [1.54, 1.807) is 0 Å². The molecule has 22 heavy (non-hydrogen) atoms. The van der Waals surface area contributed by atoms with Crippen LogP contribution >= 0.6 is 24.0 Å². The molecule has 2 saturated carbocycles. The number of rotatable bonds is 5. The van der Waals surface area contributed by atoms with E-state index in [1.807, 2.05) is 7.05 Å². The fourth-order valence-corrected chi connectivity index (χ4v) is 3.35. The summed E-state index contributed by atoms with van der Waals surface area (Å²) in [5.74, 6) is 0.987. The van der Waals surface area contributed by atoms with E-state index in [9.17, 15) is 0 Å². The molecule has 4 heteroatoms. The first-order valence-corrected chi connectivity index (χ1v) is 8.31. The van der Waals surface area contributed by atoms with Gasteiger partial charge in [0.05, 0.1) is 0 Å². The first-order chi connectivity index (χ1) is 10.3. The van der Waals surface area contributed by atoms with Gasteiger partial charge in [0, 0.05) is 19.6 Å². The van der Waals surface area contributed by atoms with E-state index in [0.717, 1.165) is 12.5 Å². The molecule has 0 saturated heterocycles. The normalized spacial score (nSPS) is 20.3. The molecular formula is C18H28IN3. The van der Waals surface area contributed by atoms with Crippen LogP contribution in [0.5, 0.6) is 0 Å². The van der Waals surface area contributed by atoms with Crippen LogP contribution in [0.1, 0.15) is 44.1 Å². The maximum Gasteiger partial charge on any atom is 0.191 e. The minimum atomic E-state index is 0. The summed E-state index contributed by atoms with van der Waals surface area (Å²) in [6.07, 6.45) is 9.12. The second kappa shape index (κ2) is 8.18. The number of halogens is 1. The lowest BCUT2D eigenvalue weighted by Gasteiger charge is -2.21. The number of nitrogens with one attached hydrogen (secondary N) is 2. The first-order valence-electron chi connectivity index (χ1n) is 8.31. The quantitative estimate of drug-likeness (QED) is 0.439. The van der Waals surface area contributed by atoms with Crippen molar-refractivity contribution in [3.8, 4) is 0 Å². The highest BCUT2D eigenvalue weighted by atomic mass is 127. The van der Waals surface area contributed by atoms with Crippen LogP contribution in [0.2, 0.25) is 0 Å². The Morgan fingerprint density at radius 2 is 1.86 bits per heavy atom. The summed E-state index contributed by atoms with van der Waals surface area (Å²) in [5.41, 5.74) is 1.91. The molecule has 0 aromatic heterocycles.